The van der Waals surface area contributed by atoms with Gasteiger partial charge in [-0.15, -0.1) is 0 Å². The topological polar surface area (TPSA) is 40.5 Å². The smallest absolute Gasteiger partial charge is 0.303 e. The van der Waals surface area contributed by atoms with Gasteiger partial charge in [0, 0.05) is 25.7 Å². The number of anilines is 1. The molecule has 88 valence electrons. The third-order valence-corrected chi connectivity index (χ3v) is 2.58. The lowest BCUT2D eigenvalue weighted by Gasteiger charge is -2.22. The molecule has 16 heavy (non-hydrogen) atoms. The van der Waals surface area contributed by atoms with Gasteiger partial charge in [-0.1, -0.05) is 24.6 Å². The Morgan fingerprint density at radius 1 is 1.38 bits per heavy atom. The molecule has 0 aromatic heterocycles. The van der Waals surface area contributed by atoms with Gasteiger partial charge in [0.1, 0.15) is 0 Å². The number of aliphatic carboxylic acids is 1. The molecule has 1 aromatic carbocycles. The molecule has 0 saturated carbocycles. The van der Waals surface area contributed by atoms with Crippen molar-refractivity contribution in [3.8, 4) is 0 Å². The van der Waals surface area contributed by atoms with Gasteiger partial charge in [0.2, 0.25) is 0 Å². The minimum absolute atomic E-state index is 0.156. The molecular weight excluding hydrogens is 202 g/mol. The second-order valence-electron chi connectivity index (χ2n) is 4.42. The summed E-state index contributed by atoms with van der Waals surface area (Å²) in [6.45, 7) is 4.77. The van der Waals surface area contributed by atoms with Crippen LogP contribution in [-0.2, 0) is 4.79 Å². The largest absolute Gasteiger partial charge is 0.481 e. The highest BCUT2D eigenvalue weighted by Crippen LogP contribution is 2.15. The maximum atomic E-state index is 10.6. The van der Waals surface area contributed by atoms with Crippen molar-refractivity contribution in [2.75, 3.05) is 18.5 Å². The molecule has 1 N–H and O–H groups in total. The molecule has 3 heteroatoms. The van der Waals surface area contributed by atoms with Crippen LogP contribution in [0.3, 0.4) is 0 Å². The normalized spacial score (nSPS) is 12.2. The van der Waals surface area contributed by atoms with Gasteiger partial charge in [0.05, 0.1) is 0 Å². The van der Waals surface area contributed by atoms with E-state index in [0.29, 0.717) is 0 Å². The Hall–Kier alpha value is -1.51. The summed E-state index contributed by atoms with van der Waals surface area (Å²) in [6, 6.07) is 8.24. The Morgan fingerprint density at radius 3 is 2.44 bits per heavy atom. The van der Waals surface area contributed by atoms with Gasteiger partial charge in [0.15, 0.2) is 0 Å². The van der Waals surface area contributed by atoms with E-state index in [9.17, 15) is 4.79 Å². The van der Waals surface area contributed by atoms with Gasteiger partial charge in [-0.05, 0) is 25.0 Å². The lowest BCUT2D eigenvalue weighted by molar-refractivity contribution is -0.137. The monoisotopic (exact) mass is 221 g/mol. The van der Waals surface area contributed by atoms with Crippen molar-refractivity contribution in [1.82, 2.24) is 0 Å². The number of rotatable bonds is 5. The summed E-state index contributed by atoms with van der Waals surface area (Å²) in [7, 11) is 1.99. The zero-order valence-corrected chi connectivity index (χ0v) is 10.1. The maximum absolute atomic E-state index is 10.6. The first kappa shape index (κ1) is 12.6. The van der Waals surface area contributed by atoms with Crippen molar-refractivity contribution in [3.63, 3.8) is 0 Å². The fraction of sp³-hybridized carbons (Fsp3) is 0.462. The van der Waals surface area contributed by atoms with Gasteiger partial charge in [-0.2, -0.15) is 0 Å². The third-order valence-electron chi connectivity index (χ3n) is 2.58. The number of hydrogen-bond donors (Lipinski definition) is 1. The summed E-state index contributed by atoms with van der Waals surface area (Å²) in [5.41, 5.74) is 2.36. The van der Waals surface area contributed by atoms with Crippen LogP contribution in [0, 0.1) is 12.8 Å². The number of benzene rings is 1. The minimum atomic E-state index is -0.732. The van der Waals surface area contributed by atoms with Crippen molar-refractivity contribution >= 4 is 11.7 Å². The first-order valence-corrected chi connectivity index (χ1v) is 5.48. The third kappa shape index (κ3) is 3.93. The standard InChI is InChI=1S/C13H19NO2/c1-10-4-6-12(7-5-10)14(3)9-11(2)8-13(15)16/h4-7,11H,8-9H2,1-3H3,(H,15,16). The number of carbonyl (C=O) groups is 1. The van der Waals surface area contributed by atoms with E-state index in [1.54, 1.807) is 0 Å². The van der Waals surface area contributed by atoms with E-state index in [1.165, 1.54) is 5.56 Å². The van der Waals surface area contributed by atoms with Gasteiger partial charge < -0.3 is 10.0 Å². The molecule has 3 nitrogen and oxygen atoms in total. The maximum Gasteiger partial charge on any atom is 0.303 e. The van der Waals surface area contributed by atoms with Crippen molar-refractivity contribution in [2.24, 2.45) is 5.92 Å². The van der Waals surface area contributed by atoms with Crippen LogP contribution >= 0.6 is 0 Å². The zero-order chi connectivity index (χ0) is 12.1. The van der Waals surface area contributed by atoms with Crippen LogP contribution in [0.2, 0.25) is 0 Å². The first-order valence-electron chi connectivity index (χ1n) is 5.48. The van der Waals surface area contributed by atoms with Crippen LogP contribution in [0.1, 0.15) is 18.9 Å². The van der Waals surface area contributed by atoms with Gasteiger partial charge in [-0.3, -0.25) is 4.79 Å². The molecule has 0 bridgehead atoms. The number of hydrogen-bond acceptors (Lipinski definition) is 2. The van der Waals surface area contributed by atoms with Crippen LogP contribution in [0.15, 0.2) is 24.3 Å². The van der Waals surface area contributed by atoms with E-state index in [4.69, 9.17) is 5.11 Å². The highest BCUT2D eigenvalue weighted by atomic mass is 16.4. The molecule has 0 aliphatic carbocycles. The lowest BCUT2D eigenvalue weighted by Crippen LogP contribution is -2.25. The Morgan fingerprint density at radius 2 is 1.94 bits per heavy atom. The molecule has 0 aliphatic heterocycles. The van der Waals surface area contributed by atoms with E-state index in [-0.39, 0.29) is 12.3 Å². The first-order chi connectivity index (χ1) is 7.49. The number of carboxylic acid groups (broad SMARTS) is 1. The Kier molecular flexibility index (Phi) is 4.35. The molecule has 0 fully saturated rings. The summed E-state index contributed by atoms with van der Waals surface area (Å²) in [6.07, 6.45) is 0.218. The molecular formula is C13H19NO2. The van der Waals surface area contributed by atoms with E-state index in [0.717, 1.165) is 12.2 Å². The summed E-state index contributed by atoms with van der Waals surface area (Å²) in [4.78, 5) is 12.6. The highest BCUT2D eigenvalue weighted by molar-refractivity contribution is 5.67. The molecule has 0 saturated heterocycles. The molecule has 0 spiro atoms. The van der Waals surface area contributed by atoms with E-state index in [2.05, 4.69) is 36.1 Å². The molecule has 1 aromatic rings. The van der Waals surface area contributed by atoms with Crippen molar-refractivity contribution in [3.05, 3.63) is 29.8 Å². The van der Waals surface area contributed by atoms with Crippen molar-refractivity contribution < 1.29 is 9.90 Å². The molecule has 0 amide bonds. The van der Waals surface area contributed by atoms with E-state index < -0.39 is 5.97 Å². The Balaban J connectivity index is 2.54. The average molecular weight is 221 g/mol. The quantitative estimate of drug-likeness (QED) is 0.830. The van der Waals surface area contributed by atoms with Gasteiger partial charge in [0.25, 0.3) is 0 Å². The SMILES string of the molecule is Cc1ccc(N(C)CC(C)CC(=O)O)cc1. The predicted octanol–water partition coefficient (Wildman–Crippen LogP) is 2.54. The second-order valence-corrected chi connectivity index (χ2v) is 4.42. The fourth-order valence-electron chi connectivity index (χ4n) is 1.73. The summed E-state index contributed by atoms with van der Waals surface area (Å²) in [5, 5.41) is 8.69. The summed E-state index contributed by atoms with van der Waals surface area (Å²) < 4.78 is 0. The highest BCUT2D eigenvalue weighted by Gasteiger charge is 2.10. The predicted molar refractivity (Wildman–Crippen MR) is 65.9 cm³/mol. The van der Waals surface area contributed by atoms with E-state index in [1.807, 2.05) is 14.0 Å². The summed E-state index contributed by atoms with van der Waals surface area (Å²) >= 11 is 0. The van der Waals surface area contributed by atoms with E-state index >= 15 is 0 Å². The lowest BCUT2D eigenvalue weighted by atomic mass is 10.1. The molecule has 0 radical (unpaired) electrons. The second kappa shape index (κ2) is 5.54. The number of nitrogens with zero attached hydrogens (tertiary/aromatic N) is 1. The van der Waals surface area contributed by atoms with Gasteiger partial charge >= 0.3 is 5.97 Å². The molecule has 0 heterocycles. The van der Waals surface area contributed by atoms with Crippen LogP contribution in [0.25, 0.3) is 0 Å². The van der Waals surface area contributed by atoms with Crippen LogP contribution in [-0.4, -0.2) is 24.7 Å². The Bertz CT molecular complexity index is 345. The average Bonchev–Trinajstić information content (AvgIpc) is 2.16. The zero-order valence-electron chi connectivity index (χ0n) is 10.1. The van der Waals surface area contributed by atoms with Crippen LogP contribution in [0.5, 0.6) is 0 Å². The van der Waals surface area contributed by atoms with Crippen molar-refractivity contribution in [2.45, 2.75) is 20.3 Å². The molecule has 0 aliphatic rings. The molecule has 1 atom stereocenters. The summed E-state index contributed by atoms with van der Waals surface area (Å²) in [5.74, 6) is -0.575. The molecule has 1 unspecified atom stereocenters. The Labute approximate surface area is 96.7 Å². The molecule has 1 rings (SSSR count). The van der Waals surface area contributed by atoms with Crippen LogP contribution < -0.4 is 4.90 Å². The van der Waals surface area contributed by atoms with Gasteiger partial charge in [-0.25, -0.2) is 0 Å². The number of aryl methyl sites for hydroxylation is 1. The number of carboxylic acids is 1. The van der Waals surface area contributed by atoms with Crippen molar-refractivity contribution in [1.29, 1.82) is 0 Å². The minimum Gasteiger partial charge on any atom is -0.481 e. The fourth-order valence-corrected chi connectivity index (χ4v) is 1.73. The van der Waals surface area contributed by atoms with Crippen LogP contribution in [0.4, 0.5) is 5.69 Å².